The summed E-state index contributed by atoms with van der Waals surface area (Å²) in [5, 5.41) is 1.97. The van der Waals surface area contributed by atoms with Gasteiger partial charge >= 0.3 is 11.9 Å². The lowest BCUT2D eigenvalue weighted by molar-refractivity contribution is -0.162. The van der Waals surface area contributed by atoms with Crippen molar-refractivity contribution in [2.75, 3.05) is 6.61 Å². The molecule has 80 valence electrons. The van der Waals surface area contributed by atoms with Gasteiger partial charge in [-0.2, -0.15) is 0 Å². The zero-order valence-corrected chi connectivity index (χ0v) is 8.19. The van der Waals surface area contributed by atoms with Gasteiger partial charge < -0.3 is 4.74 Å². The molecule has 0 aromatic carbocycles. The minimum Gasteiger partial charge on any atom is -0.465 e. The first-order valence-electron chi connectivity index (χ1n) is 4.37. The lowest BCUT2D eigenvalue weighted by Crippen LogP contribution is -2.26. The predicted molar refractivity (Wildman–Crippen MR) is 46.9 cm³/mol. The second-order valence-corrected chi connectivity index (χ2v) is 2.58. The van der Waals surface area contributed by atoms with Crippen molar-refractivity contribution in [1.82, 2.24) is 0 Å². The molecule has 0 aromatic heterocycles. The fourth-order valence-electron chi connectivity index (χ4n) is 0.964. The van der Waals surface area contributed by atoms with Crippen molar-refractivity contribution < 1.29 is 19.2 Å². The van der Waals surface area contributed by atoms with Gasteiger partial charge in [-0.15, -0.1) is 4.91 Å². The molecule has 0 rings (SSSR count). The fraction of sp³-hybridized carbons (Fsp3) is 0.750. The number of ether oxygens (including phenoxy) is 1. The highest BCUT2D eigenvalue weighted by Gasteiger charge is 2.29. The van der Waals surface area contributed by atoms with Crippen molar-refractivity contribution >= 4 is 11.9 Å². The van der Waals surface area contributed by atoms with Crippen molar-refractivity contribution in [1.29, 1.82) is 0 Å². The van der Waals surface area contributed by atoms with Crippen LogP contribution in [0.5, 0.6) is 0 Å². The monoisotopic (exact) mass is 203 g/mol. The van der Waals surface area contributed by atoms with Crippen LogP contribution in [0.4, 0.5) is 0 Å². The molecule has 0 bridgehead atoms. The molecule has 1 unspecified atom stereocenters. The van der Waals surface area contributed by atoms with Crippen LogP contribution < -0.4 is 0 Å². The molecule has 0 aliphatic carbocycles. The average Bonchev–Trinajstić information content (AvgIpc) is 2.14. The van der Waals surface area contributed by atoms with Gasteiger partial charge in [-0.3, -0.25) is 9.63 Å². The highest BCUT2D eigenvalue weighted by molar-refractivity contribution is 5.94. The third-order valence-corrected chi connectivity index (χ3v) is 1.56. The van der Waals surface area contributed by atoms with Gasteiger partial charge in [0.1, 0.15) is 0 Å². The van der Waals surface area contributed by atoms with E-state index >= 15 is 0 Å². The maximum absolute atomic E-state index is 11.2. The first-order valence-corrected chi connectivity index (χ1v) is 4.37. The van der Waals surface area contributed by atoms with Crippen molar-refractivity contribution in [3.8, 4) is 0 Å². The highest BCUT2D eigenvalue weighted by atomic mass is 16.7. The number of carbonyl (C=O) groups is 2. The molecule has 0 saturated carbocycles. The summed E-state index contributed by atoms with van der Waals surface area (Å²) >= 11 is 0. The molecule has 1 atom stereocenters. The summed E-state index contributed by atoms with van der Waals surface area (Å²) in [5.74, 6) is -2.68. The van der Waals surface area contributed by atoms with Gasteiger partial charge in [0.25, 0.3) is 0 Å². The summed E-state index contributed by atoms with van der Waals surface area (Å²) in [6.45, 7) is 3.61. The lowest BCUT2D eigenvalue weighted by atomic mass is 10.0. The molecule has 6 heteroatoms. The largest absolute Gasteiger partial charge is 0.465 e. The van der Waals surface area contributed by atoms with E-state index in [1.54, 1.807) is 13.8 Å². The van der Waals surface area contributed by atoms with Crippen LogP contribution in [0, 0.1) is 10.8 Å². The average molecular weight is 203 g/mol. The minimum atomic E-state index is -1.04. The Balaban J connectivity index is 4.32. The molecular formula is C8H13NO5. The summed E-state index contributed by atoms with van der Waals surface area (Å²) < 4.78 is 4.64. The Hall–Kier alpha value is -1.46. The van der Waals surface area contributed by atoms with E-state index < -0.39 is 17.9 Å². The Kier molecular flexibility index (Phi) is 6.26. The molecule has 0 amide bonds. The molecule has 0 aliphatic rings. The van der Waals surface area contributed by atoms with Gasteiger partial charge in [-0.25, -0.2) is 4.79 Å². The molecule has 0 N–H and O–H groups in total. The summed E-state index contributed by atoms with van der Waals surface area (Å²) in [7, 11) is 0. The van der Waals surface area contributed by atoms with Crippen molar-refractivity contribution in [2.24, 2.45) is 11.3 Å². The zero-order chi connectivity index (χ0) is 11.0. The topological polar surface area (TPSA) is 82.0 Å². The summed E-state index contributed by atoms with van der Waals surface area (Å²) in [6, 6.07) is 0. The summed E-state index contributed by atoms with van der Waals surface area (Å²) in [6.07, 6.45) is 0.893. The van der Waals surface area contributed by atoms with Gasteiger partial charge in [-0.1, -0.05) is 13.3 Å². The summed E-state index contributed by atoms with van der Waals surface area (Å²) in [4.78, 5) is 35.7. The van der Waals surface area contributed by atoms with Crippen LogP contribution in [0.3, 0.4) is 0 Å². The zero-order valence-electron chi connectivity index (χ0n) is 8.19. The van der Waals surface area contributed by atoms with Crippen LogP contribution in [-0.4, -0.2) is 18.5 Å². The van der Waals surface area contributed by atoms with Crippen molar-refractivity contribution in [2.45, 2.75) is 26.7 Å². The number of carbonyl (C=O) groups excluding carboxylic acids is 2. The molecule has 0 fully saturated rings. The Bertz CT molecular complexity index is 216. The number of hydrogen-bond acceptors (Lipinski definition) is 6. The highest BCUT2D eigenvalue weighted by Crippen LogP contribution is 2.11. The van der Waals surface area contributed by atoms with Crippen LogP contribution >= 0.6 is 0 Å². The van der Waals surface area contributed by atoms with Gasteiger partial charge in [-0.05, 0) is 13.3 Å². The first kappa shape index (κ1) is 12.5. The normalized spacial score (nSPS) is 11.6. The van der Waals surface area contributed by atoms with Crippen LogP contribution in [0.15, 0.2) is 5.34 Å². The van der Waals surface area contributed by atoms with Crippen LogP contribution in [0.1, 0.15) is 26.7 Å². The second-order valence-electron chi connectivity index (χ2n) is 2.58. The number of rotatable bonds is 6. The van der Waals surface area contributed by atoms with E-state index in [0.29, 0.717) is 6.42 Å². The third kappa shape index (κ3) is 3.97. The second kappa shape index (κ2) is 6.99. The van der Waals surface area contributed by atoms with E-state index in [1.165, 1.54) is 0 Å². The van der Waals surface area contributed by atoms with Gasteiger partial charge in [0.05, 0.1) is 6.61 Å². The maximum Gasteiger partial charge on any atom is 0.352 e. The van der Waals surface area contributed by atoms with E-state index in [0.717, 1.165) is 0 Å². The maximum atomic E-state index is 11.2. The summed E-state index contributed by atoms with van der Waals surface area (Å²) in [5.41, 5.74) is 0. The van der Waals surface area contributed by atoms with Gasteiger partial charge in [0.15, 0.2) is 11.3 Å². The Morgan fingerprint density at radius 1 is 1.29 bits per heavy atom. The molecule has 0 radical (unpaired) electrons. The lowest BCUT2D eigenvalue weighted by Gasteiger charge is -2.09. The molecule has 0 spiro atoms. The molecule has 14 heavy (non-hydrogen) atoms. The Labute approximate surface area is 81.5 Å². The molecule has 6 nitrogen and oxygen atoms in total. The molecule has 0 saturated heterocycles. The van der Waals surface area contributed by atoms with Crippen LogP contribution in [-0.2, 0) is 19.2 Å². The van der Waals surface area contributed by atoms with Crippen molar-refractivity contribution in [3.63, 3.8) is 0 Å². The minimum absolute atomic E-state index is 0.181. The third-order valence-electron chi connectivity index (χ3n) is 1.56. The van der Waals surface area contributed by atoms with E-state index in [1.807, 2.05) is 5.34 Å². The van der Waals surface area contributed by atoms with E-state index in [9.17, 15) is 14.5 Å². The SMILES string of the molecule is CCCC(C(=O)OCC)C(=O)ON=O. The number of esters is 1. The van der Waals surface area contributed by atoms with E-state index in [-0.39, 0.29) is 13.0 Å². The number of nitrogens with zero attached hydrogens (tertiary/aromatic N) is 1. The van der Waals surface area contributed by atoms with Crippen molar-refractivity contribution in [3.05, 3.63) is 4.91 Å². The molecular weight excluding hydrogens is 190 g/mol. The van der Waals surface area contributed by atoms with Crippen LogP contribution in [0.2, 0.25) is 0 Å². The van der Waals surface area contributed by atoms with Gasteiger partial charge in [0.2, 0.25) is 0 Å². The van der Waals surface area contributed by atoms with E-state index in [4.69, 9.17) is 0 Å². The first-order chi connectivity index (χ1) is 6.67. The number of hydrogen-bond donors (Lipinski definition) is 0. The van der Waals surface area contributed by atoms with E-state index in [2.05, 4.69) is 9.57 Å². The smallest absolute Gasteiger partial charge is 0.352 e. The molecule has 0 aliphatic heterocycles. The quantitative estimate of drug-likeness (QED) is 0.280. The molecule has 0 heterocycles. The molecule has 0 aromatic rings. The van der Waals surface area contributed by atoms with Gasteiger partial charge in [0, 0.05) is 0 Å². The van der Waals surface area contributed by atoms with Crippen LogP contribution in [0.25, 0.3) is 0 Å². The fourth-order valence-corrected chi connectivity index (χ4v) is 0.964. The standard InChI is InChI=1S/C8H13NO5/c1-3-5-6(7(10)13-4-2)8(11)14-9-12/h6H,3-5H2,1-2H3. The Morgan fingerprint density at radius 3 is 2.36 bits per heavy atom. The Morgan fingerprint density at radius 2 is 1.93 bits per heavy atom. The predicted octanol–water partition coefficient (Wildman–Crippen LogP) is 1.19.